The zero-order chi connectivity index (χ0) is 13.0. The van der Waals surface area contributed by atoms with Crippen LogP contribution in [0.15, 0.2) is 30.5 Å². The van der Waals surface area contributed by atoms with Crippen LogP contribution in [0.2, 0.25) is 0 Å². The van der Waals surface area contributed by atoms with E-state index in [9.17, 15) is 4.79 Å². The number of fused-ring (bicyclic) bond motifs is 1. The second kappa shape index (κ2) is 5.69. The van der Waals surface area contributed by atoms with Crippen LogP contribution in [0.4, 0.5) is 0 Å². The van der Waals surface area contributed by atoms with Gasteiger partial charge in [0.2, 0.25) is 0 Å². The molecule has 18 heavy (non-hydrogen) atoms. The molecule has 1 heterocycles. The monoisotopic (exact) mass is 246 g/mol. The number of benzene rings is 1. The molecule has 1 aromatic carbocycles. The first-order valence-electron chi connectivity index (χ1n) is 6.23. The lowest BCUT2D eigenvalue weighted by Crippen LogP contribution is -2.32. The van der Waals surface area contributed by atoms with E-state index >= 15 is 0 Å². The van der Waals surface area contributed by atoms with Crippen LogP contribution in [-0.2, 0) is 0 Å². The molecule has 0 saturated heterocycles. The molecule has 96 valence electrons. The van der Waals surface area contributed by atoms with Gasteiger partial charge in [0.1, 0.15) is 0 Å². The number of hydrogen-bond acceptors (Lipinski definition) is 2. The number of amides is 1. The van der Waals surface area contributed by atoms with Crippen molar-refractivity contribution in [3.63, 3.8) is 0 Å². The SMILES string of the molecule is CCN(CCCO)C(=O)c1ccc2[nH]ccc2c1. The molecule has 4 nitrogen and oxygen atoms in total. The van der Waals surface area contributed by atoms with Crippen molar-refractivity contribution in [2.45, 2.75) is 13.3 Å². The minimum atomic E-state index is 0.0223. The van der Waals surface area contributed by atoms with Gasteiger partial charge in [-0.05, 0) is 37.6 Å². The fraction of sp³-hybridized carbons (Fsp3) is 0.357. The highest BCUT2D eigenvalue weighted by atomic mass is 16.3. The molecule has 0 aliphatic heterocycles. The minimum Gasteiger partial charge on any atom is -0.396 e. The number of carbonyl (C=O) groups excluding carboxylic acids is 1. The van der Waals surface area contributed by atoms with E-state index in [0.717, 1.165) is 10.9 Å². The second-order valence-corrected chi connectivity index (χ2v) is 4.24. The third-order valence-corrected chi connectivity index (χ3v) is 3.06. The van der Waals surface area contributed by atoms with Crippen molar-refractivity contribution < 1.29 is 9.90 Å². The molecule has 0 unspecified atom stereocenters. The van der Waals surface area contributed by atoms with Gasteiger partial charge in [-0.2, -0.15) is 0 Å². The highest BCUT2D eigenvalue weighted by Gasteiger charge is 2.13. The Morgan fingerprint density at radius 3 is 2.94 bits per heavy atom. The number of aromatic amines is 1. The smallest absolute Gasteiger partial charge is 0.253 e. The number of aliphatic hydroxyl groups is 1. The molecule has 0 fully saturated rings. The van der Waals surface area contributed by atoms with Gasteiger partial charge in [0.05, 0.1) is 0 Å². The van der Waals surface area contributed by atoms with Gasteiger partial charge in [-0.25, -0.2) is 0 Å². The molecule has 0 aliphatic carbocycles. The van der Waals surface area contributed by atoms with Crippen LogP contribution in [0.5, 0.6) is 0 Å². The van der Waals surface area contributed by atoms with E-state index < -0.39 is 0 Å². The number of aromatic nitrogens is 1. The van der Waals surface area contributed by atoms with Crippen molar-refractivity contribution in [2.75, 3.05) is 19.7 Å². The summed E-state index contributed by atoms with van der Waals surface area (Å²) in [6.07, 6.45) is 2.48. The lowest BCUT2D eigenvalue weighted by molar-refractivity contribution is 0.0754. The fourth-order valence-corrected chi connectivity index (χ4v) is 2.03. The Morgan fingerprint density at radius 1 is 1.39 bits per heavy atom. The molecule has 1 aromatic heterocycles. The molecule has 0 atom stereocenters. The van der Waals surface area contributed by atoms with Crippen molar-refractivity contribution in [1.29, 1.82) is 0 Å². The van der Waals surface area contributed by atoms with Crippen LogP contribution in [0.1, 0.15) is 23.7 Å². The summed E-state index contributed by atoms with van der Waals surface area (Å²) in [5.74, 6) is 0.0223. The van der Waals surface area contributed by atoms with Crippen molar-refractivity contribution in [3.05, 3.63) is 36.0 Å². The molecule has 2 rings (SSSR count). The topological polar surface area (TPSA) is 56.3 Å². The van der Waals surface area contributed by atoms with E-state index in [4.69, 9.17) is 5.11 Å². The molecular weight excluding hydrogens is 228 g/mol. The zero-order valence-electron chi connectivity index (χ0n) is 10.5. The van der Waals surface area contributed by atoms with Gasteiger partial charge in [-0.1, -0.05) is 0 Å². The summed E-state index contributed by atoms with van der Waals surface area (Å²) in [4.78, 5) is 17.1. The molecule has 0 bridgehead atoms. The highest BCUT2D eigenvalue weighted by Crippen LogP contribution is 2.15. The normalized spacial score (nSPS) is 10.8. The lowest BCUT2D eigenvalue weighted by Gasteiger charge is -2.20. The van der Waals surface area contributed by atoms with Crippen LogP contribution in [0.3, 0.4) is 0 Å². The number of carbonyl (C=O) groups is 1. The van der Waals surface area contributed by atoms with Crippen LogP contribution < -0.4 is 0 Å². The minimum absolute atomic E-state index is 0.0223. The van der Waals surface area contributed by atoms with Gasteiger partial charge in [0.15, 0.2) is 0 Å². The largest absolute Gasteiger partial charge is 0.396 e. The van der Waals surface area contributed by atoms with E-state index in [0.29, 0.717) is 25.1 Å². The Hall–Kier alpha value is -1.81. The molecule has 4 heteroatoms. The predicted octanol–water partition coefficient (Wildman–Crippen LogP) is 2.01. The average Bonchev–Trinajstić information content (AvgIpc) is 2.86. The summed E-state index contributed by atoms with van der Waals surface area (Å²) in [7, 11) is 0. The zero-order valence-corrected chi connectivity index (χ0v) is 10.5. The van der Waals surface area contributed by atoms with Crippen LogP contribution in [-0.4, -0.2) is 40.6 Å². The number of rotatable bonds is 5. The van der Waals surface area contributed by atoms with Crippen molar-refractivity contribution >= 4 is 16.8 Å². The molecule has 0 spiro atoms. The molecular formula is C14H18N2O2. The van der Waals surface area contributed by atoms with Gasteiger partial charge in [0.25, 0.3) is 5.91 Å². The van der Waals surface area contributed by atoms with E-state index in [1.54, 1.807) is 4.90 Å². The molecule has 1 amide bonds. The second-order valence-electron chi connectivity index (χ2n) is 4.24. The first kappa shape index (κ1) is 12.6. The molecule has 2 aromatic rings. The first-order chi connectivity index (χ1) is 8.76. The third-order valence-electron chi connectivity index (χ3n) is 3.06. The van der Waals surface area contributed by atoms with Gasteiger partial charge in [0, 0.05) is 42.4 Å². The number of hydrogen-bond donors (Lipinski definition) is 2. The summed E-state index contributed by atoms with van der Waals surface area (Å²) < 4.78 is 0. The van der Waals surface area contributed by atoms with Crippen LogP contribution >= 0.6 is 0 Å². The summed E-state index contributed by atoms with van der Waals surface area (Å²) >= 11 is 0. The van der Waals surface area contributed by atoms with E-state index in [1.807, 2.05) is 37.4 Å². The highest BCUT2D eigenvalue weighted by molar-refractivity contribution is 5.98. The van der Waals surface area contributed by atoms with Crippen LogP contribution in [0, 0.1) is 0 Å². The average molecular weight is 246 g/mol. The Morgan fingerprint density at radius 2 is 2.22 bits per heavy atom. The maximum Gasteiger partial charge on any atom is 0.253 e. The summed E-state index contributed by atoms with van der Waals surface area (Å²) in [5, 5.41) is 9.88. The van der Waals surface area contributed by atoms with E-state index in [1.165, 1.54) is 0 Å². The number of aliphatic hydroxyl groups excluding tert-OH is 1. The summed E-state index contributed by atoms with van der Waals surface area (Å²) in [6.45, 7) is 3.31. The lowest BCUT2D eigenvalue weighted by atomic mass is 10.1. The van der Waals surface area contributed by atoms with Gasteiger partial charge < -0.3 is 15.0 Å². The van der Waals surface area contributed by atoms with Gasteiger partial charge >= 0.3 is 0 Å². The Balaban J connectivity index is 2.20. The van der Waals surface area contributed by atoms with Crippen molar-refractivity contribution in [1.82, 2.24) is 9.88 Å². The maximum absolute atomic E-state index is 12.3. The maximum atomic E-state index is 12.3. The summed E-state index contributed by atoms with van der Waals surface area (Å²) in [5.41, 5.74) is 1.73. The van der Waals surface area contributed by atoms with Gasteiger partial charge in [-0.15, -0.1) is 0 Å². The quantitative estimate of drug-likeness (QED) is 0.848. The van der Waals surface area contributed by atoms with Crippen LogP contribution in [0.25, 0.3) is 10.9 Å². The standard InChI is InChI=1S/C14H18N2O2/c1-2-16(8-3-9-17)14(18)12-4-5-13-11(10-12)6-7-15-13/h4-7,10,15,17H,2-3,8-9H2,1H3. The third kappa shape index (κ3) is 2.54. The van der Waals surface area contributed by atoms with Crippen molar-refractivity contribution in [2.24, 2.45) is 0 Å². The molecule has 0 saturated carbocycles. The number of nitrogens with zero attached hydrogens (tertiary/aromatic N) is 1. The van der Waals surface area contributed by atoms with E-state index in [2.05, 4.69) is 4.98 Å². The molecule has 0 radical (unpaired) electrons. The number of H-pyrrole nitrogens is 1. The summed E-state index contributed by atoms with van der Waals surface area (Å²) in [6, 6.07) is 7.61. The van der Waals surface area contributed by atoms with Gasteiger partial charge in [-0.3, -0.25) is 4.79 Å². The fourth-order valence-electron chi connectivity index (χ4n) is 2.03. The Bertz CT molecular complexity index is 533. The molecule has 2 N–H and O–H groups in total. The first-order valence-corrected chi connectivity index (χ1v) is 6.23. The Kier molecular flexibility index (Phi) is 3.99. The predicted molar refractivity (Wildman–Crippen MR) is 71.6 cm³/mol. The van der Waals surface area contributed by atoms with Crippen molar-refractivity contribution in [3.8, 4) is 0 Å². The Labute approximate surface area is 106 Å². The van der Waals surface area contributed by atoms with E-state index in [-0.39, 0.29) is 12.5 Å². The number of nitrogens with one attached hydrogen (secondary N) is 1. The molecule has 0 aliphatic rings.